The lowest BCUT2D eigenvalue weighted by atomic mass is 9.76. The van der Waals surface area contributed by atoms with E-state index in [-0.39, 0.29) is 17.0 Å². The molecule has 4 heteroatoms. The largest absolute Gasteiger partial charge is 0.465 e. The second-order valence-corrected chi connectivity index (χ2v) is 11.7. The highest BCUT2D eigenvalue weighted by atomic mass is 16.5. The van der Waals surface area contributed by atoms with Crippen LogP contribution in [-0.4, -0.2) is 59.1 Å². The number of hydrogen-bond donors (Lipinski definition) is 0. The fourth-order valence-electron chi connectivity index (χ4n) is 5.86. The number of carbonyl (C=O) groups is 1. The molecule has 0 aromatic carbocycles. The molecule has 1 heterocycles. The Balaban J connectivity index is 2.45. The summed E-state index contributed by atoms with van der Waals surface area (Å²) in [5, 5.41) is 0. The van der Waals surface area contributed by atoms with Crippen molar-refractivity contribution in [2.45, 2.75) is 155 Å². The third-order valence-electron chi connectivity index (χ3n) is 7.70. The molecule has 196 valence electrons. The van der Waals surface area contributed by atoms with Gasteiger partial charge in [0.15, 0.2) is 0 Å². The van der Waals surface area contributed by atoms with E-state index in [9.17, 15) is 4.79 Å². The van der Waals surface area contributed by atoms with E-state index in [1.54, 1.807) is 0 Å². The van der Waals surface area contributed by atoms with E-state index in [0.717, 1.165) is 32.2 Å². The van der Waals surface area contributed by atoms with Crippen LogP contribution in [0, 0.1) is 0 Å². The van der Waals surface area contributed by atoms with Crippen molar-refractivity contribution in [3.63, 3.8) is 0 Å². The highest BCUT2D eigenvalue weighted by Crippen LogP contribution is 2.40. The second-order valence-electron chi connectivity index (χ2n) is 11.7. The minimum atomic E-state index is -0.0687. The van der Waals surface area contributed by atoms with Crippen LogP contribution >= 0.6 is 0 Å². The van der Waals surface area contributed by atoms with Gasteiger partial charge in [0.1, 0.15) is 0 Å². The molecule has 0 atom stereocenters. The van der Waals surface area contributed by atoms with Crippen LogP contribution in [0.2, 0.25) is 0 Å². The number of likely N-dealkylation sites (tertiary alicyclic amines) is 1. The number of carbonyl (C=O) groups excluding carboxylic acids is 1. The fraction of sp³-hybridized carbons (Fsp3) is 0.966. The molecule has 0 radical (unpaired) electrons. The van der Waals surface area contributed by atoms with Crippen LogP contribution in [0.4, 0.5) is 0 Å². The minimum Gasteiger partial charge on any atom is -0.465 e. The first-order chi connectivity index (χ1) is 15.7. The summed E-state index contributed by atoms with van der Waals surface area (Å²) in [6.45, 7) is 19.3. The van der Waals surface area contributed by atoms with Crippen molar-refractivity contribution in [1.29, 1.82) is 0 Å². The molecule has 0 aliphatic carbocycles. The lowest BCUT2D eigenvalue weighted by Gasteiger charge is -2.56. The standard InChI is InChI=1S/C29H58N2O2/c1-8-11-13-14-15-16-17-18-19-20-21-30(10-3)26-23-28(4,5)31(29(6,7)24-26)25-27(32)33-22-12-9-2/h26H,8-25H2,1-7H3. The number of piperidine rings is 1. The molecule has 1 aliphatic rings. The Labute approximate surface area is 207 Å². The first-order valence-electron chi connectivity index (χ1n) is 14.3. The molecule has 33 heavy (non-hydrogen) atoms. The van der Waals surface area contributed by atoms with E-state index in [0.29, 0.717) is 19.2 Å². The number of ether oxygens (including phenoxy) is 1. The summed E-state index contributed by atoms with van der Waals surface area (Å²) >= 11 is 0. The topological polar surface area (TPSA) is 32.8 Å². The molecule has 0 spiro atoms. The Bertz CT molecular complexity index is 500. The minimum absolute atomic E-state index is 0.0125. The molecule has 0 aromatic rings. The average molecular weight is 467 g/mol. The molecule has 0 saturated carbocycles. The van der Waals surface area contributed by atoms with Gasteiger partial charge in [0.2, 0.25) is 0 Å². The monoisotopic (exact) mass is 466 g/mol. The molecule has 0 bridgehead atoms. The van der Waals surface area contributed by atoms with E-state index in [2.05, 4.69) is 58.3 Å². The van der Waals surface area contributed by atoms with Gasteiger partial charge in [0.25, 0.3) is 0 Å². The Kier molecular flexibility index (Phi) is 14.9. The molecule has 0 amide bonds. The lowest BCUT2D eigenvalue weighted by Crippen LogP contribution is -2.65. The first-order valence-corrected chi connectivity index (χ1v) is 14.3. The zero-order valence-corrected chi connectivity index (χ0v) is 23.5. The van der Waals surface area contributed by atoms with Crippen LogP contribution in [0.1, 0.15) is 138 Å². The first kappa shape index (κ1) is 30.4. The van der Waals surface area contributed by atoms with Gasteiger partial charge in [-0.25, -0.2) is 0 Å². The van der Waals surface area contributed by atoms with Gasteiger partial charge in [-0.15, -0.1) is 0 Å². The van der Waals surface area contributed by atoms with Crippen molar-refractivity contribution in [1.82, 2.24) is 9.80 Å². The highest BCUT2D eigenvalue weighted by molar-refractivity contribution is 5.72. The molecule has 1 aliphatic heterocycles. The summed E-state index contributed by atoms with van der Waals surface area (Å²) in [7, 11) is 0. The van der Waals surface area contributed by atoms with E-state index < -0.39 is 0 Å². The van der Waals surface area contributed by atoms with Gasteiger partial charge in [-0.1, -0.05) is 85.0 Å². The molecule has 0 aromatic heterocycles. The highest BCUT2D eigenvalue weighted by Gasteiger charge is 2.47. The van der Waals surface area contributed by atoms with E-state index in [1.165, 1.54) is 70.8 Å². The van der Waals surface area contributed by atoms with Gasteiger partial charge in [0.05, 0.1) is 13.2 Å². The van der Waals surface area contributed by atoms with Crippen molar-refractivity contribution >= 4 is 5.97 Å². The number of nitrogens with zero attached hydrogens (tertiary/aromatic N) is 2. The number of unbranched alkanes of at least 4 members (excludes halogenated alkanes) is 10. The summed E-state index contributed by atoms with van der Waals surface area (Å²) in [6, 6.07) is 0.589. The van der Waals surface area contributed by atoms with Crippen LogP contribution in [0.25, 0.3) is 0 Å². The predicted molar refractivity (Wildman–Crippen MR) is 143 cm³/mol. The average Bonchev–Trinajstić information content (AvgIpc) is 2.74. The summed E-state index contributed by atoms with van der Waals surface area (Å²) in [5.41, 5.74) is -0.0250. The third-order valence-corrected chi connectivity index (χ3v) is 7.70. The summed E-state index contributed by atoms with van der Waals surface area (Å²) in [6.07, 6.45) is 18.2. The smallest absolute Gasteiger partial charge is 0.320 e. The molecule has 1 saturated heterocycles. The normalized spacial score (nSPS) is 18.7. The van der Waals surface area contributed by atoms with Crippen LogP contribution < -0.4 is 0 Å². The van der Waals surface area contributed by atoms with Gasteiger partial charge in [0, 0.05) is 17.1 Å². The molecule has 0 N–H and O–H groups in total. The Morgan fingerprint density at radius 3 is 1.76 bits per heavy atom. The molecule has 4 nitrogen and oxygen atoms in total. The van der Waals surface area contributed by atoms with Gasteiger partial charge < -0.3 is 9.64 Å². The van der Waals surface area contributed by atoms with Gasteiger partial charge in [-0.3, -0.25) is 9.69 Å². The van der Waals surface area contributed by atoms with Crippen LogP contribution in [-0.2, 0) is 9.53 Å². The maximum Gasteiger partial charge on any atom is 0.320 e. The van der Waals surface area contributed by atoms with Gasteiger partial charge >= 0.3 is 5.97 Å². The summed E-state index contributed by atoms with van der Waals surface area (Å²) in [5.74, 6) is -0.0687. The van der Waals surface area contributed by atoms with E-state index >= 15 is 0 Å². The lowest BCUT2D eigenvalue weighted by molar-refractivity contribution is -0.153. The summed E-state index contributed by atoms with van der Waals surface area (Å²) < 4.78 is 5.49. The van der Waals surface area contributed by atoms with Crippen molar-refractivity contribution in [3.8, 4) is 0 Å². The van der Waals surface area contributed by atoms with Crippen molar-refractivity contribution < 1.29 is 9.53 Å². The van der Waals surface area contributed by atoms with Crippen molar-refractivity contribution in [2.75, 3.05) is 26.2 Å². The van der Waals surface area contributed by atoms with Crippen LogP contribution in [0.3, 0.4) is 0 Å². The number of rotatable bonds is 18. The summed E-state index contributed by atoms with van der Waals surface area (Å²) in [4.78, 5) is 17.6. The molecular formula is C29H58N2O2. The van der Waals surface area contributed by atoms with E-state index in [4.69, 9.17) is 4.74 Å². The quantitative estimate of drug-likeness (QED) is 0.154. The Morgan fingerprint density at radius 2 is 1.27 bits per heavy atom. The van der Waals surface area contributed by atoms with Crippen molar-refractivity contribution in [2.24, 2.45) is 0 Å². The van der Waals surface area contributed by atoms with Crippen LogP contribution in [0.15, 0.2) is 0 Å². The second kappa shape index (κ2) is 16.1. The zero-order valence-electron chi connectivity index (χ0n) is 23.5. The van der Waals surface area contributed by atoms with Gasteiger partial charge in [-0.05, 0) is 66.5 Å². The predicted octanol–water partition coefficient (Wildman–Crippen LogP) is 7.59. The zero-order chi connectivity index (χ0) is 24.7. The van der Waals surface area contributed by atoms with E-state index in [1.807, 2.05) is 0 Å². The number of hydrogen-bond acceptors (Lipinski definition) is 4. The SMILES string of the molecule is CCCCCCCCCCCCN(CC)C1CC(C)(C)N(CC(=O)OCCCC)C(C)(C)C1. The molecule has 1 fully saturated rings. The third kappa shape index (κ3) is 11.6. The molecule has 1 rings (SSSR count). The maximum atomic E-state index is 12.5. The van der Waals surface area contributed by atoms with Crippen molar-refractivity contribution in [3.05, 3.63) is 0 Å². The molecular weight excluding hydrogens is 408 g/mol. The van der Waals surface area contributed by atoms with Crippen LogP contribution in [0.5, 0.6) is 0 Å². The fourth-order valence-corrected chi connectivity index (χ4v) is 5.86. The maximum absolute atomic E-state index is 12.5. The Hall–Kier alpha value is -0.610. The number of esters is 1. The van der Waals surface area contributed by atoms with Gasteiger partial charge in [-0.2, -0.15) is 0 Å². The molecule has 0 unspecified atom stereocenters. The Morgan fingerprint density at radius 1 is 0.788 bits per heavy atom.